The zero-order valence-electron chi connectivity index (χ0n) is 8.60. The molecule has 0 unspecified atom stereocenters. The maximum atomic E-state index is 3.47. The van der Waals surface area contributed by atoms with Gasteiger partial charge in [-0.05, 0) is 67.4 Å². The first-order valence-corrected chi connectivity index (χ1v) is 5.78. The van der Waals surface area contributed by atoms with E-state index in [0.29, 0.717) is 0 Å². The van der Waals surface area contributed by atoms with Crippen molar-refractivity contribution >= 4 is 0 Å². The van der Waals surface area contributed by atoms with Gasteiger partial charge < -0.3 is 5.32 Å². The second-order valence-electron chi connectivity index (χ2n) is 4.49. The number of fused-ring (bicyclic) bond motifs is 2. The van der Waals surface area contributed by atoms with Gasteiger partial charge in [0.25, 0.3) is 0 Å². The van der Waals surface area contributed by atoms with Crippen LogP contribution in [0.1, 0.15) is 28.7 Å². The highest BCUT2D eigenvalue weighted by atomic mass is 14.8. The van der Waals surface area contributed by atoms with Crippen LogP contribution in [-0.2, 0) is 25.7 Å². The fourth-order valence-corrected chi connectivity index (χ4v) is 2.76. The van der Waals surface area contributed by atoms with E-state index in [0.717, 1.165) is 13.1 Å². The second kappa shape index (κ2) is 3.39. The number of hydrogen-bond donors (Lipinski definition) is 1. The summed E-state index contributed by atoms with van der Waals surface area (Å²) < 4.78 is 0. The highest BCUT2D eigenvalue weighted by Crippen LogP contribution is 2.26. The fraction of sp³-hybridized carbons (Fsp3) is 0.538. The normalized spacial score (nSPS) is 20.0. The standard InChI is InChI=1S/C13H17N/c1-2-10-8-12-4-6-14-7-5-13(12)9-11(10)3-1/h8-9,14H,1-7H2. The molecule has 0 bridgehead atoms. The van der Waals surface area contributed by atoms with Crippen molar-refractivity contribution < 1.29 is 0 Å². The van der Waals surface area contributed by atoms with Crippen LogP contribution in [-0.4, -0.2) is 13.1 Å². The van der Waals surface area contributed by atoms with Crippen molar-refractivity contribution in [1.82, 2.24) is 5.32 Å². The maximum absolute atomic E-state index is 3.47. The van der Waals surface area contributed by atoms with Crippen LogP contribution in [0.2, 0.25) is 0 Å². The Labute approximate surface area is 85.5 Å². The predicted octanol–water partition coefficient (Wildman–Crippen LogP) is 1.86. The zero-order chi connectivity index (χ0) is 9.38. The molecule has 0 atom stereocenters. The Balaban J connectivity index is 2.06. The van der Waals surface area contributed by atoms with E-state index in [1.807, 2.05) is 0 Å². The van der Waals surface area contributed by atoms with Crippen molar-refractivity contribution in [2.24, 2.45) is 0 Å². The van der Waals surface area contributed by atoms with E-state index in [1.54, 1.807) is 22.3 Å². The number of nitrogens with one attached hydrogen (secondary N) is 1. The quantitative estimate of drug-likeness (QED) is 0.653. The van der Waals surface area contributed by atoms with Gasteiger partial charge in [-0.15, -0.1) is 0 Å². The largest absolute Gasteiger partial charge is 0.316 e. The predicted molar refractivity (Wildman–Crippen MR) is 58.7 cm³/mol. The molecule has 3 rings (SSSR count). The van der Waals surface area contributed by atoms with Crippen LogP contribution >= 0.6 is 0 Å². The van der Waals surface area contributed by atoms with E-state index >= 15 is 0 Å². The van der Waals surface area contributed by atoms with Crippen molar-refractivity contribution in [1.29, 1.82) is 0 Å². The number of aryl methyl sites for hydroxylation is 2. The molecule has 1 nitrogen and oxygen atoms in total. The first-order chi connectivity index (χ1) is 6.93. The lowest BCUT2D eigenvalue weighted by molar-refractivity contribution is 0.710. The fourth-order valence-electron chi connectivity index (χ4n) is 2.76. The minimum Gasteiger partial charge on any atom is -0.316 e. The van der Waals surface area contributed by atoms with E-state index < -0.39 is 0 Å². The molecule has 0 saturated heterocycles. The van der Waals surface area contributed by atoms with Gasteiger partial charge in [0.2, 0.25) is 0 Å². The summed E-state index contributed by atoms with van der Waals surface area (Å²) in [6, 6.07) is 4.95. The molecule has 0 saturated carbocycles. The Morgan fingerprint density at radius 2 is 1.21 bits per heavy atom. The van der Waals surface area contributed by atoms with Gasteiger partial charge >= 0.3 is 0 Å². The topological polar surface area (TPSA) is 12.0 Å². The highest BCUT2D eigenvalue weighted by Gasteiger charge is 2.15. The second-order valence-corrected chi connectivity index (χ2v) is 4.49. The van der Waals surface area contributed by atoms with Crippen LogP contribution < -0.4 is 5.32 Å². The molecule has 1 N–H and O–H groups in total. The molecule has 1 heteroatoms. The smallest absolute Gasteiger partial charge is 0.000812 e. The zero-order valence-corrected chi connectivity index (χ0v) is 8.60. The minimum absolute atomic E-state index is 1.16. The van der Waals surface area contributed by atoms with Gasteiger partial charge in [-0.2, -0.15) is 0 Å². The Kier molecular flexibility index (Phi) is 2.06. The molecule has 74 valence electrons. The van der Waals surface area contributed by atoms with Gasteiger partial charge in [0, 0.05) is 0 Å². The van der Waals surface area contributed by atoms with Crippen LogP contribution in [0.15, 0.2) is 12.1 Å². The summed E-state index contributed by atoms with van der Waals surface area (Å²) in [6.45, 7) is 2.32. The summed E-state index contributed by atoms with van der Waals surface area (Å²) in [4.78, 5) is 0. The molecule has 1 aliphatic heterocycles. The van der Waals surface area contributed by atoms with Crippen molar-refractivity contribution in [2.45, 2.75) is 32.1 Å². The average Bonchev–Trinajstić information content (AvgIpc) is 2.51. The maximum Gasteiger partial charge on any atom is -0.000812 e. The summed E-state index contributed by atoms with van der Waals surface area (Å²) in [5.41, 5.74) is 6.47. The monoisotopic (exact) mass is 187 g/mol. The Morgan fingerprint density at radius 1 is 0.714 bits per heavy atom. The van der Waals surface area contributed by atoms with Gasteiger partial charge in [-0.25, -0.2) is 0 Å². The lowest BCUT2D eigenvalue weighted by Gasteiger charge is -2.08. The van der Waals surface area contributed by atoms with Crippen molar-refractivity contribution in [3.05, 3.63) is 34.4 Å². The molecule has 14 heavy (non-hydrogen) atoms. The summed E-state index contributed by atoms with van der Waals surface area (Å²) in [6.07, 6.45) is 6.45. The molecule has 1 aromatic rings. The Morgan fingerprint density at radius 3 is 1.79 bits per heavy atom. The van der Waals surface area contributed by atoms with Crippen LogP contribution in [0, 0.1) is 0 Å². The molecule has 2 aliphatic rings. The molecule has 0 radical (unpaired) electrons. The number of benzene rings is 1. The molecule has 1 heterocycles. The third-order valence-electron chi connectivity index (χ3n) is 3.56. The molecule has 0 amide bonds. The van der Waals surface area contributed by atoms with Crippen LogP contribution in [0.3, 0.4) is 0 Å². The first kappa shape index (κ1) is 8.49. The van der Waals surface area contributed by atoms with Gasteiger partial charge in [-0.3, -0.25) is 0 Å². The summed E-state index contributed by atoms with van der Waals surface area (Å²) in [7, 11) is 0. The van der Waals surface area contributed by atoms with Crippen LogP contribution in [0.25, 0.3) is 0 Å². The van der Waals surface area contributed by atoms with E-state index in [2.05, 4.69) is 17.4 Å². The van der Waals surface area contributed by atoms with Gasteiger partial charge in [0.05, 0.1) is 0 Å². The molecule has 1 aromatic carbocycles. The Hall–Kier alpha value is -0.820. The molecule has 0 fully saturated rings. The van der Waals surface area contributed by atoms with Gasteiger partial charge in [0.15, 0.2) is 0 Å². The van der Waals surface area contributed by atoms with Crippen LogP contribution in [0.4, 0.5) is 0 Å². The SMILES string of the molecule is c1c2c(cc3c1CCNCC3)CCC2. The summed E-state index contributed by atoms with van der Waals surface area (Å²) in [5.74, 6) is 0. The first-order valence-electron chi connectivity index (χ1n) is 5.78. The van der Waals surface area contributed by atoms with Gasteiger partial charge in [0.1, 0.15) is 0 Å². The van der Waals surface area contributed by atoms with Crippen molar-refractivity contribution in [3.63, 3.8) is 0 Å². The van der Waals surface area contributed by atoms with Crippen molar-refractivity contribution in [3.8, 4) is 0 Å². The number of hydrogen-bond acceptors (Lipinski definition) is 1. The van der Waals surface area contributed by atoms with E-state index in [-0.39, 0.29) is 0 Å². The molecular weight excluding hydrogens is 170 g/mol. The molecule has 1 aliphatic carbocycles. The van der Waals surface area contributed by atoms with Gasteiger partial charge in [-0.1, -0.05) is 12.1 Å². The number of rotatable bonds is 0. The van der Waals surface area contributed by atoms with Crippen LogP contribution in [0.5, 0.6) is 0 Å². The third-order valence-corrected chi connectivity index (χ3v) is 3.56. The van der Waals surface area contributed by atoms with Crippen molar-refractivity contribution in [2.75, 3.05) is 13.1 Å². The van der Waals surface area contributed by atoms with E-state index in [1.165, 1.54) is 32.1 Å². The summed E-state index contributed by atoms with van der Waals surface area (Å²) in [5, 5.41) is 3.47. The lowest BCUT2D eigenvalue weighted by Crippen LogP contribution is -2.16. The average molecular weight is 187 g/mol. The molecule has 0 aromatic heterocycles. The summed E-state index contributed by atoms with van der Waals surface area (Å²) >= 11 is 0. The molecular formula is C13H17N. The highest BCUT2D eigenvalue weighted by molar-refractivity contribution is 5.41. The van der Waals surface area contributed by atoms with E-state index in [9.17, 15) is 0 Å². The lowest BCUT2D eigenvalue weighted by atomic mass is 9.97. The third kappa shape index (κ3) is 1.36. The molecule has 0 spiro atoms. The Bertz CT molecular complexity index is 321. The van der Waals surface area contributed by atoms with E-state index in [4.69, 9.17) is 0 Å². The minimum atomic E-state index is 1.16.